The van der Waals surface area contributed by atoms with Crippen LogP contribution in [-0.4, -0.2) is 76.3 Å². The first-order chi connectivity index (χ1) is 16.3. The summed E-state index contributed by atoms with van der Waals surface area (Å²) in [5, 5.41) is 15.4. The first-order valence-electron chi connectivity index (χ1n) is 11.4. The second-order valence-corrected chi connectivity index (χ2v) is 12.4. The lowest BCUT2D eigenvalue weighted by Gasteiger charge is -2.53. The quantitative estimate of drug-likeness (QED) is 0.323. The molecule has 2 amide bonds. The summed E-state index contributed by atoms with van der Waals surface area (Å²) in [5.74, 6) is -0.620. The molecule has 0 aliphatic carbocycles. The van der Waals surface area contributed by atoms with Crippen LogP contribution in [0, 0.1) is 5.92 Å². The minimum Gasteiger partial charge on any atom is -0.543 e. The maximum atomic E-state index is 12.9. The van der Waals surface area contributed by atoms with Crippen LogP contribution in [0.5, 0.6) is 0 Å². The van der Waals surface area contributed by atoms with Crippen LogP contribution >= 0.6 is 46.7 Å². The van der Waals surface area contributed by atoms with Gasteiger partial charge in [-0.1, -0.05) is 23.2 Å². The molecule has 0 unspecified atom stereocenters. The van der Waals surface area contributed by atoms with Gasteiger partial charge in [0.15, 0.2) is 0 Å². The predicted molar refractivity (Wildman–Crippen MR) is 131 cm³/mol. The van der Waals surface area contributed by atoms with Gasteiger partial charge in [0.1, 0.15) is 18.0 Å². The van der Waals surface area contributed by atoms with Crippen molar-refractivity contribution in [2.24, 2.45) is 5.92 Å². The Bertz CT molecular complexity index is 1060. The lowest BCUT2D eigenvalue weighted by atomic mass is 9.85. The summed E-state index contributed by atoms with van der Waals surface area (Å²) >= 11 is 14.9. The molecule has 182 valence electrons. The van der Waals surface area contributed by atoms with Crippen molar-refractivity contribution in [1.29, 1.82) is 0 Å². The monoisotopic (exact) mass is 541 g/mol. The molecule has 0 radical (unpaired) electrons. The fraction of sp³-hybridized carbons (Fsp3) is 0.522. The van der Waals surface area contributed by atoms with Gasteiger partial charge in [-0.3, -0.25) is 14.5 Å². The molecule has 4 saturated heterocycles. The molecule has 5 aliphatic rings. The SMILES string of the molecule is O=C(CSc1cc(Cl)ccc1Cl)N[C@@H]1C(=O)N2C(C(=O)[O-])=C(C[N+]34CCC(CC3)CC4)CS[C@H]12. The van der Waals surface area contributed by atoms with Crippen LogP contribution in [0.3, 0.4) is 0 Å². The highest BCUT2D eigenvalue weighted by molar-refractivity contribution is 8.00. The van der Waals surface area contributed by atoms with Crippen molar-refractivity contribution in [3.8, 4) is 0 Å². The second kappa shape index (κ2) is 9.58. The maximum absolute atomic E-state index is 12.9. The normalized spacial score (nSPS) is 30.1. The third-order valence-electron chi connectivity index (χ3n) is 7.37. The van der Waals surface area contributed by atoms with Crippen molar-refractivity contribution < 1.29 is 24.0 Å². The summed E-state index contributed by atoms with van der Waals surface area (Å²) in [6.45, 7) is 3.88. The molecule has 5 heterocycles. The van der Waals surface area contributed by atoms with Crippen molar-refractivity contribution >= 4 is 64.5 Å². The Balaban J connectivity index is 1.24. The van der Waals surface area contributed by atoms with Gasteiger partial charge in [-0.25, -0.2) is 0 Å². The number of carboxylic acid groups (broad SMARTS) is 1. The van der Waals surface area contributed by atoms with E-state index in [-0.39, 0.29) is 17.4 Å². The minimum atomic E-state index is -1.31. The Morgan fingerprint density at radius 2 is 1.91 bits per heavy atom. The minimum absolute atomic E-state index is 0.0135. The molecule has 1 aromatic carbocycles. The summed E-state index contributed by atoms with van der Waals surface area (Å²) in [6.07, 6.45) is 3.58. The number of hydrogen-bond acceptors (Lipinski definition) is 6. The molecule has 2 bridgehead atoms. The van der Waals surface area contributed by atoms with Crippen molar-refractivity contribution in [1.82, 2.24) is 10.2 Å². The van der Waals surface area contributed by atoms with Crippen LogP contribution in [-0.2, 0) is 14.4 Å². The molecule has 11 heteroatoms. The molecule has 0 aromatic heterocycles. The number of hydrogen-bond donors (Lipinski definition) is 1. The number of nitrogens with one attached hydrogen (secondary N) is 1. The fourth-order valence-electron chi connectivity index (χ4n) is 5.52. The lowest BCUT2D eigenvalue weighted by Crippen LogP contribution is -2.71. The average Bonchev–Trinajstić information content (AvgIpc) is 2.83. The summed E-state index contributed by atoms with van der Waals surface area (Å²) in [5.41, 5.74) is 0.797. The van der Waals surface area contributed by atoms with E-state index >= 15 is 0 Å². The summed E-state index contributed by atoms with van der Waals surface area (Å²) < 4.78 is 0.916. The van der Waals surface area contributed by atoms with E-state index in [1.165, 1.54) is 47.7 Å². The summed E-state index contributed by atoms with van der Waals surface area (Å²) in [6, 6.07) is 4.27. The number of carbonyl (C=O) groups is 3. The smallest absolute Gasteiger partial charge is 0.253 e. The van der Waals surface area contributed by atoms with Crippen LogP contribution in [0.25, 0.3) is 0 Å². The molecular formula is C23H25Cl2N3O4S2. The number of benzene rings is 1. The predicted octanol–water partition coefficient (Wildman–Crippen LogP) is 2.12. The fourth-order valence-corrected chi connectivity index (χ4v) is 8.16. The Hall–Kier alpha value is -1.39. The third-order valence-corrected chi connectivity index (χ3v) is 10.4. The van der Waals surface area contributed by atoms with Gasteiger partial charge >= 0.3 is 0 Å². The van der Waals surface area contributed by atoms with Crippen LogP contribution in [0.15, 0.2) is 34.4 Å². The van der Waals surface area contributed by atoms with E-state index in [1.54, 1.807) is 18.2 Å². The Morgan fingerprint density at radius 1 is 1.21 bits per heavy atom. The Morgan fingerprint density at radius 3 is 2.59 bits per heavy atom. The maximum Gasteiger partial charge on any atom is 0.253 e. The number of aliphatic carboxylic acids is 1. The molecule has 34 heavy (non-hydrogen) atoms. The Labute approximate surface area is 216 Å². The van der Waals surface area contributed by atoms with Crippen LogP contribution in [0.4, 0.5) is 0 Å². The van der Waals surface area contributed by atoms with E-state index < -0.39 is 23.3 Å². The van der Waals surface area contributed by atoms with E-state index in [1.807, 2.05) is 0 Å². The number of fused-ring (bicyclic) bond motifs is 4. The number of thioether (sulfide) groups is 2. The molecule has 1 N–H and O–H groups in total. The second-order valence-electron chi connectivity index (χ2n) is 9.46. The Kier molecular flexibility index (Phi) is 6.85. The van der Waals surface area contributed by atoms with Gasteiger partial charge in [0, 0.05) is 21.2 Å². The van der Waals surface area contributed by atoms with Crippen molar-refractivity contribution in [3.63, 3.8) is 0 Å². The van der Waals surface area contributed by atoms with Gasteiger partial charge in [0.25, 0.3) is 5.91 Å². The number of halogens is 2. The van der Waals surface area contributed by atoms with Crippen LogP contribution < -0.4 is 10.4 Å². The third kappa shape index (κ3) is 4.57. The molecule has 2 atom stereocenters. The van der Waals surface area contributed by atoms with Gasteiger partial charge in [-0.15, -0.1) is 23.5 Å². The van der Waals surface area contributed by atoms with Crippen molar-refractivity contribution in [3.05, 3.63) is 39.5 Å². The van der Waals surface area contributed by atoms with E-state index in [0.29, 0.717) is 27.2 Å². The largest absolute Gasteiger partial charge is 0.543 e. The zero-order valence-corrected chi connectivity index (χ0v) is 21.6. The number of carboxylic acids is 1. The van der Waals surface area contributed by atoms with Crippen molar-refractivity contribution in [2.45, 2.75) is 35.6 Å². The standard InChI is InChI=1S/C23H25Cl2N3O4S2/c24-15-1-2-16(25)17(9-15)33-12-18(29)26-19-21(30)27-20(23(31)32)14(11-34-22(19)27)10-28-6-3-13(4-7-28)5-8-28/h1-2,9,13,19,22H,3-8,10-12H2,(H-,26,29,31,32)/t13?,19-,22-,28?/m1/s1. The summed E-state index contributed by atoms with van der Waals surface area (Å²) in [4.78, 5) is 39.6. The van der Waals surface area contributed by atoms with E-state index in [0.717, 1.165) is 35.6 Å². The molecule has 5 aliphatic heterocycles. The van der Waals surface area contributed by atoms with Gasteiger partial charge in [0.05, 0.1) is 42.1 Å². The summed E-state index contributed by atoms with van der Waals surface area (Å²) in [7, 11) is 0. The van der Waals surface area contributed by atoms with Crippen LogP contribution in [0.1, 0.15) is 19.3 Å². The molecule has 7 nitrogen and oxygen atoms in total. The number of amides is 2. The molecule has 0 spiro atoms. The zero-order valence-electron chi connectivity index (χ0n) is 18.4. The van der Waals surface area contributed by atoms with Crippen LogP contribution in [0.2, 0.25) is 10.0 Å². The number of β-lactam (4-membered cyclic amide) rings is 1. The first kappa shape index (κ1) is 24.3. The zero-order chi connectivity index (χ0) is 24.0. The number of nitrogens with zero attached hydrogens (tertiary/aromatic N) is 2. The molecule has 1 aromatic rings. The van der Waals surface area contributed by atoms with Gasteiger partial charge in [-0.05, 0) is 43.4 Å². The van der Waals surface area contributed by atoms with E-state index in [9.17, 15) is 19.5 Å². The molecular weight excluding hydrogens is 517 g/mol. The number of carbonyl (C=O) groups excluding carboxylic acids is 3. The van der Waals surface area contributed by atoms with Gasteiger partial charge < -0.3 is 19.7 Å². The highest BCUT2D eigenvalue weighted by Crippen LogP contribution is 2.42. The number of rotatable bonds is 7. The molecule has 4 fully saturated rings. The van der Waals surface area contributed by atoms with Gasteiger partial charge in [-0.2, -0.15) is 0 Å². The first-order valence-corrected chi connectivity index (χ1v) is 14.2. The molecule has 6 rings (SSSR count). The highest BCUT2D eigenvalue weighted by Gasteiger charge is 2.53. The highest BCUT2D eigenvalue weighted by atomic mass is 35.5. The lowest BCUT2D eigenvalue weighted by molar-refractivity contribution is -0.938. The van der Waals surface area contributed by atoms with Crippen molar-refractivity contribution in [2.75, 3.05) is 37.7 Å². The van der Waals surface area contributed by atoms with E-state index in [4.69, 9.17) is 23.2 Å². The van der Waals surface area contributed by atoms with E-state index in [2.05, 4.69) is 5.32 Å². The van der Waals surface area contributed by atoms with Gasteiger partial charge in [0.2, 0.25) is 5.91 Å². The topological polar surface area (TPSA) is 89.5 Å². The number of quaternary nitrogens is 1. The average molecular weight is 543 g/mol. The number of piperidine rings is 3. The molecule has 0 saturated carbocycles.